The summed E-state index contributed by atoms with van der Waals surface area (Å²) in [5.41, 5.74) is 0. The van der Waals surface area contributed by atoms with Gasteiger partial charge in [-0.2, -0.15) is 0 Å². The number of amides is 1. The molecule has 0 radical (unpaired) electrons. The first-order chi connectivity index (χ1) is 32.7. The van der Waals surface area contributed by atoms with Gasteiger partial charge in [-0.25, -0.2) is 0 Å². The van der Waals surface area contributed by atoms with Crippen LogP contribution >= 0.6 is 0 Å². The van der Waals surface area contributed by atoms with Gasteiger partial charge in [0.1, 0.15) is 0 Å². The van der Waals surface area contributed by atoms with Gasteiger partial charge >= 0.3 is 0 Å². The van der Waals surface area contributed by atoms with Gasteiger partial charge in [-0.15, -0.1) is 0 Å². The highest BCUT2D eigenvalue weighted by Gasteiger charge is 2.18. The molecule has 0 saturated heterocycles. The molecule has 0 saturated carbocycles. The van der Waals surface area contributed by atoms with Gasteiger partial charge in [0.2, 0.25) is 5.91 Å². The third-order valence-corrected chi connectivity index (χ3v) is 12.3. The molecule has 0 aliphatic heterocycles. The number of carbonyl (C=O) groups is 1. The van der Waals surface area contributed by atoms with E-state index in [0.29, 0.717) is 6.42 Å². The molecular weight excluding hydrogens is 807 g/mol. The monoisotopic (exact) mass is 914 g/mol. The summed E-state index contributed by atoms with van der Waals surface area (Å²) in [7, 11) is 0. The highest BCUT2D eigenvalue weighted by atomic mass is 16.3. The van der Waals surface area contributed by atoms with Crippen molar-refractivity contribution in [1.82, 2.24) is 5.32 Å². The van der Waals surface area contributed by atoms with E-state index in [2.05, 4.69) is 116 Å². The van der Waals surface area contributed by atoms with Crippen LogP contribution in [0, 0.1) is 0 Å². The van der Waals surface area contributed by atoms with Crippen molar-refractivity contribution in [3.8, 4) is 0 Å². The Morgan fingerprint density at radius 1 is 0.379 bits per heavy atom. The average molecular weight is 915 g/mol. The van der Waals surface area contributed by atoms with Crippen molar-refractivity contribution in [3.05, 3.63) is 109 Å². The minimum atomic E-state index is -0.859. The molecule has 2 unspecified atom stereocenters. The summed E-state index contributed by atoms with van der Waals surface area (Å²) in [4.78, 5) is 12.5. The van der Waals surface area contributed by atoms with E-state index in [0.717, 1.165) is 96.3 Å². The third-order valence-electron chi connectivity index (χ3n) is 12.3. The van der Waals surface area contributed by atoms with Gasteiger partial charge in [0.15, 0.2) is 0 Å². The van der Waals surface area contributed by atoms with Gasteiger partial charge in [0.05, 0.1) is 18.8 Å². The standard InChI is InChI=1S/C62H107NO3/c1-3-5-7-9-11-13-15-17-19-21-23-25-27-29-30-31-32-34-36-38-40-42-44-46-48-50-52-54-56-58-62(66)63-60(59-64)61(65)57-55-53-51-49-47-45-43-41-39-37-35-33-28-26-24-22-20-18-16-14-12-10-8-6-4-2/h5,7,11,13,17,19,23,25,29-30,32,34,38,40,44,46,55,57,60-61,64-65H,3-4,6,8-10,12,14-16,18,20-22,24,26-28,31,33,35-37,39,41-43,45,47-54,56,58-59H2,1-2H3,(H,63,66)/b7-5-,13-11-,19-17-,25-23-,30-29-,34-32-,40-38-,46-44-,57-55+. The molecule has 1 amide bonds. The number of carbonyl (C=O) groups excluding carboxylic acids is 1. The Kier molecular flexibility index (Phi) is 53.9. The Labute approximate surface area is 410 Å². The molecule has 0 aromatic carbocycles. The van der Waals surface area contributed by atoms with Crippen LogP contribution in [-0.2, 0) is 4.79 Å². The minimum absolute atomic E-state index is 0.0907. The fraction of sp³-hybridized carbons (Fsp3) is 0.694. The number of unbranched alkanes of at least 4 members (excludes halogenated alkanes) is 27. The molecule has 0 aromatic heterocycles. The normalized spacial score (nSPS) is 13.7. The van der Waals surface area contributed by atoms with Crippen molar-refractivity contribution in [2.24, 2.45) is 0 Å². The zero-order chi connectivity index (χ0) is 47.7. The Morgan fingerprint density at radius 3 is 1.00 bits per heavy atom. The number of aliphatic hydroxyl groups is 2. The van der Waals surface area contributed by atoms with Gasteiger partial charge in [0, 0.05) is 6.42 Å². The molecule has 0 rings (SSSR count). The van der Waals surface area contributed by atoms with Crippen molar-refractivity contribution in [1.29, 1.82) is 0 Å². The lowest BCUT2D eigenvalue weighted by Crippen LogP contribution is -2.45. The molecule has 2 atom stereocenters. The van der Waals surface area contributed by atoms with Crippen molar-refractivity contribution in [2.45, 2.75) is 270 Å². The molecule has 0 fully saturated rings. The molecule has 4 nitrogen and oxygen atoms in total. The largest absolute Gasteiger partial charge is 0.394 e. The number of aliphatic hydroxyl groups excluding tert-OH is 2. The molecule has 0 bridgehead atoms. The predicted octanol–water partition coefficient (Wildman–Crippen LogP) is 18.7. The second kappa shape index (κ2) is 56.4. The number of nitrogens with one attached hydrogen (secondary N) is 1. The topological polar surface area (TPSA) is 69.6 Å². The Hall–Kier alpha value is -2.95. The maximum Gasteiger partial charge on any atom is 0.220 e. The minimum Gasteiger partial charge on any atom is -0.394 e. The van der Waals surface area contributed by atoms with Gasteiger partial charge in [-0.05, 0) is 83.5 Å². The number of hydrogen-bond donors (Lipinski definition) is 3. The molecular formula is C62H107NO3. The van der Waals surface area contributed by atoms with Gasteiger partial charge in [0.25, 0.3) is 0 Å². The lowest BCUT2D eigenvalue weighted by atomic mass is 10.0. The number of hydrogen-bond acceptors (Lipinski definition) is 3. The summed E-state index contributed by atoms with van der Waals surface area (Å²) in [6, 6.07) is -0.645. The molecule has 0 aliphatic carbocycles. The quantitative estimate of drug-likeness (QED) is 0.0421. The van der Waals surface area contributed by atoms with E-state index < -0.39 is 12.1 Å². The molecule has 378 valence electrons. The zero-order valence-corrected chi connectivity index (χ0v) is 43.4. The van der Waals surface area contributed by atoms with Gasteiger partial charge < -0.3 is 15.5 Å². The van der Waals surface area contributed by atoms with Crippen LogP contribution in [0.15, 0.2) is 109 Å². The van der Waals surface area contributed by atoms with Crippen LogP contribution in [0.2, 0.25) is 0 Å². The molecule has 0 aromatic rings. The van der Waals surface area contributed by atoms with E-state index in [1.807, 2.05) is 6.08 Å². The third kappa shape index (κ3) is 52.0. The van der Waals surface area contributed by atoms with E-state index in [9.17, 15) is 15.0 Å². The summed E-state index contributed by atoms with van der Waals surface area (Å²) in [6.45, 7) is 4.20. The first kappa shape index (κ1) is 63.0. The van der Waals surface area contributed by atoms with E-state index in [1.54, 1.807) is 6.08 Å². The fourth-order valence-corrected chi connectivity index (χ4v) is 8.02. The number of allylic oxidation sites excluding steroid dienone is 17. The zero-order valence-electron chi connectivity index (χ0n) is 43.4. The van der Waals surface area contributed by atoms with Crippen LogP contribution in [0.1, 0.15) is 258 Å². The second-order valence-corrected chi connectivity index (χ2v) is 18.6. The number of rotatable bonds is 50. The van der Waals surface area contributed by atoms with Crippen LogP contribution in [-0.4, -0.2) is 34.9 Å². The smallest absolute Gasteiger partial charge is 0.220 e. The van der Waals surface area contributed by atoms with E-state index in [4.69, 9.17) is 0 Å². The van der Waals surface area contributed by atoms with Crippen molar-refractivity contribution < 1.29 is 15.0 Å². The van der Waals surface area contributed by atoms with Crippen molar-refractivity contribution in [3.63, 3.8) is 0 Å². The molecule has 3 N–H and O–H groups in total. The van der Waals surface area contributed by atoms with Crippen LogP contribution in [0.5, 0.6) is 0 Å². The lowest BCUT2D eigenvalue weighted by molar-refractivity contribution is -0.123. The molecule has 0 spiro atoms. The first-order valence-electron chi connectivity index (χ1n) is 28.1. The molecule has 0 heterocycles. The van der Waals surface area contributed by atoms with Crippen LogP contribution in [0.3, 0.4) is 0 Å². The maximum atomic E-state index is 12.5. The Bertz CT molecular complexity index is 1270. The van der Waals surface area contributed by atoms with Crippen LogP contribution in [0.4, 0.5) is 0 Å². The summed E-state index contributed by atoms with van der Waals surface area (Å²) in [5.74, 6) is -0.0907. The van der Waals surface area contributed by atoms with Gasteiger partial charge in [-0.3, -0.25) is 4.79 Å². The first-order valence-corrected chi connectivity index (χ1v) is 28.1. The average Bonchev–Trinajstić information content (AvgIpc) is 3.32. The van der Waals surface area contributed by atoms with E-state index in [-0.39, 0.29) is 12.5 Å². The summed E-state index contributed by atoms with van der Waals surface area (Å²) in [5, 5.41) is 23.2. The Morgan fingerprint density at radius 2 is 0.667 bits per heavy atom. The highest BCUT2D eigenvalue weighted by Crippen LogP contribution is 2.16. The maximum absolute atomic E-state index is 12.5. The highest BCUT2D eigenvalue weighted by molar-refractivity contribution is 5.76. The summed E-state index contributed by atoms with van der Waals surface area (Å²) >= 11 is 0. The second-order valence-electron chi connectivity index (χ2n) is 18.6. The van der Waals surface area contributed by atoms with Crippen LogP contribution in [0.25, 0.3) is 0 Å². The van der Waals surface area contributed by atoms with Gasteiger partial charge in [-0.1, -0.05) is 277 Å². The molecule has 0 aliphatic rings. The van der Waals surface area contributed by atoms with Crippen molar-refractivity contribution in [2.75, 3.05) is 6.61 Å². The summed E-state index contributed by atoms with van der Waals surface area (Å²) in [6.07, 6.45) is 85.2. The molecule has 4 heteroatoms. The SMILES string of the molecule is CC/C=C\C/C=C\C/C=C\C/C=C\C/C=C\C/C=C\C/C=C\C/C=C\CCCCCCC(=O)NC(CO)C(O)/C=C/CCCCCCCCCCCCCCCCCCCCCCCCC. The Balaban J connectivity index is 3.63. The van der Waals surface area contributed by atoms with E-state index >= 15 is 0 Å². The predicted molar refractivity (Wildman–Crippen MR) is 294 cm³/mol. The fourth-order valence-electron chi connectivity index (χ4n) is 8.02. The summed E-state index contributed by atoms with van der Waals surface area (Å²) < 4.78 is 0. The molecule has 66 heavy (non-hydrogen) atoms. The van der Waals surface area contributed by atoms with Crippen molar-refractivity contribution >= 4 is 5.91 Å². The van der Waals surface area contributed by atoms with E-state index in [1.165, 1.54) is 141 Å². The lowest BCUT2D eigenvalue weighted by Gasteiger charge is -2.20. The van der Waals surface area contributed by atoms with Crippen LogP contribution < -0.4 is 5.32 Å².